The number of anilines is 1. The number of rotatable bonds is 3. The van der Waals surface area contributed by atoms with Crippen molar-refractivity contribution in [2.75, 3.05) is 5.32 Å². The molecule has 0 unspecified atom stereocenters. The first kappa shape index (κ1) is 18.5. The van der Waals surface area contributed by atoms with E-state index in [1.54, 1.807) is 35.9 Å². The Morgan fingerprint density at radius 3 is 2.73 bits per heavy atom. The molecule has 30 heavy (non-hydrogen) atoms. The van der Waals surface area contributed by atoms with Crippen molar-refractivity contribution in [3.8, 4) is 22.6 Å². The van der Waals surface area contributed by atoms with Gasteiger partial charge in [-0.05, 0) is 38.5 Å². The third-order valence-corrected chi connectivity index (χ3v) is 5.34. The van der Waals surface area contributed by atoms with Crippen LogP contribution in [0.3, 0.4) is 0 Å². The van der Waals surface area contributed by atoms with Crippen LogP contribution < -0.4 is 10.1 Å². The summed E-state index contributed by atoms with van der Waals surface area (Å²) in [5.41, 5.74) is 0.976. The predicted octanol–water partition coefficient (Wildman–Crippen LogP) is 5.13. The quantitative estimate of drug-likeness (QED) is 0.489. The zero-order valence-corrected chi connectivity index (χ0v) is 16.4. The number of ether oxygens (including phenoxy) is 1. The van der Waals surface area contributed by atoms with Crippen LogP contribution in [0.5, 0.6) is 5.75 Å². The molecule has 3 heterocycles. The summed E-state index contributed by atoms with van der Waals surface area (Å²) in [6.45, 7) is 2.33. The van der Waals surface area contributed by atoms with Crippen molar-refractivity contribution in [3.63, 3.8) is 0 Å². The number of hydrogen-bond acceptors (Lipinski definition) is 4. The summed E-state index contributed by atoms with van der Waals surface area (Å²) in [6.07, 6.45) is 1.71. The largest absolute Gasteiger partial charge is 0.434 e. The van der Waals surface area contributed by atoms with Gasteiger partial charge in [0.15, 0.2) is 11.6 Å². The number of benzene rings is 2. The molecule has 4 aromatic rings. The van der Waals surface area contributed by atoms with Crippen molar-refractivity contribution in [2.24, 2.45) is 0 Å². The van der Waals surface area contributed by atoms with Gasteiger partial charge in [-0.2, -0.15) is 8.78 Å². The predicted molar refractivity (Wildman–Crippen MR) is 107 cm³/mol. The number of H-pyrrole nitrogens is 1. The molecule has 9 heteroatoms. The van der Waals surface area contributed by atoms with Crippen LogP contribution in [0, 0.1) is 12.7 Å². The zero-order valence-electron chi connectivity index (χ0n) is 16.4. The van der Waals surface area contributed by atoms with Gasteiger partial charge in [0.25, 0.3) is 0 Å². The summed E-state index contributed by atoms with van der Waals surface area (Å²) in [7, 11) is 0. The van der Waals surface area contributed by atoms with E-state index in [0.29, 0.717) is 28.3 Å². The maximum absolute atomic E-state index is 16.1. The molecule has 0 saturated carbocycles. The van der Waals surface area contributed by atoms with Gasteiger partial charge in [0.2, 0.25) is 0 Å². The molecule has 0 atom stereocenters. The van der Waals surface area contributed by atoms with E-state index in [1.165, 1.54) is 6.07 Å². The maximum atomic E-state index is 16.1. The van der Waals surface area contributed by atoms with Crippen LogP contribution in [-0.4, -0.2) is 26.4 Å². The van der Waals surface area contributed by atoms with Gasteiger partial charge in [0, 0.05) is 23.2 Å². The second-order valence-corrected chi connectivity index (χ2v) is 7.74. The van der Waals surface area contributed by atoms with E-state index < -0.39 is 18.0 Å². The molecule has 2 N–H and O–H groups in total. The van der Waals surface area contributed by atoms with Gasteiger partial charge in [-0.15, -0.1) is 10.2 Å². The monoisotopic (exact) mass is 413 g/mol. The minimum Gasteiger partial charge on any atom is -0.434 e. The molecule has 0 radical (unpaired) electrons. The fourth-order valence-corrected chi connectivity index (χ4v) is 4.10. The van der Waals surface area contributed by atoms with Crippen LogP contribution in [0.2, 0.25) is 0 Å². The van der Waals surface area contributed by atoms with Gasteiger partial charge in [0.05, 0.1) is 16.8 Å². The Morgan fingerprint density at radius 1 is 1.17 bits per heavy atom. The Bertz CT molecular complexity index is 1290. The third kappa shape index (κ3) is 2.58. The second kappa shape index (κ2) is 6.25. The normalized spacial score (nSPS) is 14.5. The van der Waals surface area contributed by atoms with Crippen LogP contribution in [0.25, 0.3) is 27.7 Å². The molecule has 0 spiro atoms. The first-order valence-corrected chi connectivity index (χ1v) is 9.37. The van der Waals surface area contributed by atoms with E-state index in [-0.39, 0.29) is 17.0 Å². The van der Waals surface area contributed by atoms with Gasteiger partial charge in [-0.3, -0.25) is 4.57 Å². The molecule has 0 amide bonds. The minimum absolute atomic E-state index is 0.0418. The molecular weight excluding hydrogens is 395 g/mol. The van der Waals surface area contributed by atoms with Crippen molar-refractivity contribution in [3.05, 3.63) is 54.0 Å². The molecular formula is C21H18F3N5O. The summed E-state index contributed by atoms with van der Waals surface area (Å²) in [6, 6.07) is 8.42. The van der Waals surface area contributed by atoms with Crippen molar-refractivity contribution < 1.29 is 17.9 Å². The minimum atomic E-state index is -3.10. The number of aryl methyl sites for hydroxylation is 1. The fourth-order valence-electron chi connectivity index (χ4n) is 4.10. The fraction of sp³-hybridized carbons (Fsp3) is 0.238. The number of aromatic nitrogens is 4. The molecule has 5 rings (SSSR count). The first-order valence-electron chi connectivity index (χ1n) is 9.37. The van der Waals surface area contributed by atoms with Crippen molar-refractivity contribution in [2.45, 2.75) is 32.9 Å². The highest BCUT2D eigenvalue weighted by molar-refractivity contribution is 5.98. The van der Waals surface area contributed by atoms with Crippen LogP contribution in [0.4, 0.5) is 18.9 Å². The molecule has 0 bridgehead atoms. The number of hydrogen-bond donors (Lipinski definition) is 2. The molecule has 154 valence electrons. The van der Waals surface area contributed by atoms with Crippen molar-refractivity contribution in [1.82, 2.24) is 19.7 Å². The summed E-state index contributed by atoms with van der Waals surface area (Å²) in [5, 5.41) is 12.2. The molecule has 0 fully saturated rings. The smallest absolute Gasteiger partial charge is 0.387 e. The number of nitrogens with one attached hydrogen (secondary N) is 2. The summed E-state index contributed by atoms with van der Waals surface area (Å²) < 4.78 is 49.0. The van der Waals surface area contributed by atoms with E-state index >= 15 is 4.39 Å². The number of halogens is 3. The number of aromatic amines is 1. The third-order valence-electron chi connectivity index (χ3n) is 5.34. The van der Waals surface area contributed by atoms with E-state index in [4.69, 9.17) is 4.74 Å². The van der Waals surface area contributed by atoms with Gasteiger partial charge in [-0.25, -0.2) is 4.39 Å². The van der Waals surface area contributed by atoms with Crippen LogP contribution in [0.15, 0.2) is 36.5 Å². The number of fused-ring (bicyclic) bond motifs is 4. The lowest BCUT2D eigenvalue weighted by Gasteiger charge is -2.34. The Hall–Kier alpha value is -3.49. The zero-order chi connectivity index (χ0) is 21.2. The van der Waals surface area contributed by atoms with E-state index in [9.17, 15) is 8.78 Å². The van der Waals surface area contributed by atoms with E-state index in [0.717, 1.165) is 5.52 Å². The van der Waals surface area contributed by atoms with Gasteiger partial charge in [-0.1, -0.05) is 12.1 Å². The van der Waals surface area contributed by atoms with Gasteiger partial charge < -0.3 is 15.0 Å². The lowest BCUT2D eigenvalue weighted by atomic mass is 9.95. The topological polar surface area (TPSA) is 67.8 Å². The molecule has 0 saturated heterocycles. The Morgan fingerprint density at radius 2 is 1.97 bits per heavy atom. The second-order valence-electron chi connectivity index (χ2n) is 7.74. The Balaban J connectivity index is 1.87. The lowest BCUT2D eigenvalue weighted by Crippen LogP contribution is -2.36. The first-order chi connectivity index (χ1) is 14.3. The molecule has 0 aliphatic carbocycles. The molecule has 2 aromatic carbocycles. The van der Waals surface area contributed by atoms with Gasteiger partial charge >= 0.3 is 6.61 Å². The molecule has 6 nitrogen and oxygen atoms in total. The van der Waals surface area contributed by atoms with Crippen molar-refractivity contribution in [1.29, 1.82) is 0 Å². The highest BCUT2D eigenvalue weighted by Gasteiger charge is 2.37. The average molecular weight is 413 g/mol. The number of nitrogens with zero attached hydrogens (tertiary/aromatic N) is 3. The Kier molecular flexibility index (Phi) is 3.86. The van der Waals surface area contributed by atoms with Crippen LogP contribution >= 0.6 is 0 Å². The highest BCUT2D eigenvalue weighted by atomic mass is 19.3. The molecule has 2 aromatic heterocycles. The standard InChI is InChI=1S/C21H18F3N5O/c1-10-27-28-19-21(2,3)26-14-9-15(30-20(23)24)16(17(22)18(14)29(10)19)12-5-4-6-13-11(12)7-8-25-13/h4-9,20,25-26H,1-3H3. The summed E-state index contributed by atoms with van der Waals surface area (Å²) >= 11 is 0. The maximum Gasteiger partial charge on any atom is 0.387 e. The Labute approximate surface area is 169 Å². The average Bonchev–Trinajstić information content (AvgIpc) is 3.28. The lowest BCUT2D eigenvalue weighted by molar-refractivity contribution is -0.0495. The highest BCUT2D eigenvalue weighted by Crippen LogP contribution is 2.47. The molecule has 1 aliphatic heterocycles. The SMILES string of the molecule is Cc1nnc2n1-c1c(cc(OC(F)F)c(-c3cccc4[nH]ccc34)c1F)NC2(C)C. The summed E-state index contributed by atoms with van der Waals surface area (Å²) in [5.74, 6) is 0.0872. The molecule has 1 aliphatic rings. The number of alkyl halides is 2. The van der Waals surface area contributed by atoms with Crippen LogP contribution in [0.1, 0.15) is 25.5 Å². The van der Waals surface area contributed by atoms with Crippen molar-refractivity contribution >= 4 is 16.6 Å². The van der Waals surface area contributed by atoms with E-state index in [1.807, 2.05) is 19.9 Å². The summed E-state index contributed by atoms with van der Waals surface area (Å²) in [4.78, 5) is 3.05. The van der Waals surface area contributed by atoms with Gasteiger partial charge in [0.1, 0.15) is 17.3 Å². The van der Waals surface area contributed by atoms with E-state index in [2.05, 4.69) is 20.5 Å². The van der Waals surface area contributed by atoms with Crippen LogP contribution in [-0.2, 0) is 5.54 Å².